The summed E-state index contributed by atoms with van der Waals surface area (Å²) < 4.78 is 47.6. The van der Waals surface area contributed by atoms with Crippen molar-refractivity contribution in [2.24, 2.45) is 0 Å². The number of anilines is 2. The monoisotopic (exact) mass is 361 g/mol. The van der Waals surface area contributed by atoms with Gasteiger partial charge in [-0.3, -0.25) is 0 Å². The molecule has 0 saturated heterocycles. The van der Waals surface area contributed by atoms with Gasteiger partial charge in [0.05, 0.1) is 25.5 Å². The predicted molar refractivity (Wildman–Crippen MR) is 79.7 cm³/mol. The molecule has 2 rings (SSSR count). The van der Waals surface area contributed by atoms with E-state index in [9.17, 15) is 18.0 Å². The molecule has 0 unspecified atom stereocenters. The van der Waals surface area contributed by atoms with Crippen LogP contribution in [0.4, 0.5) is 24.8 Å². The zero-order valence-corrected chi connectivity index (χ0v) is 13.2. The van der Waals surface area contributed by atoms with E-state index in [0.717, 1.165) is 0 Å². The Bertz CT molecular complexity index is 769. The van der Waals surface area contributed by atoms with Crippen molar-refractivity contribution in [3.8, 4) is 5.75 Å². The molecule has 0 aliphatic carbocycles. The van der Waals surface area contributed by atoms with Gasteiger partial charge in [0.25, 0.3) is 0 Å². The average Bonchev–Trinajstić information content (AvgIpc) is 2.53. The molecule has 2 aromatic rings. The number of methoxy groups -OCH3 is 2. The average molecular weight is 362 g/mol. The molecule has 24 heavy (non-hydrogen) atoms. The number of benzene rings is 1. The van der Waals surface area contributed by atoms with Crippen LogP contribution in [-0.2, 0) is 10.9 Å². The number of aromatic nitrogens is 2. The van der Waals surface area contributed by atoms with Gasteiger partial charge in [0.15, 0.2) is 0 Å². The minimum absolute atomic E-state index is 0.155. The van der Waals surface area contributed by atoms with Crippen molar-refractivity contribution >= 4 is 29.2 Å². The summed E-state index contributed by atoms with van der Waals surface area (Å²) in [5.74, 6) is -0.469. The van der Waals surface area contributed by atoms with Gasteiger partial charge in [0.2, 0.25) is 5.95 Å². The SMILES string of the molecule is COC(=O)c1ccc(Nc2ncc(C(F)(F)F)c(Cl)n2)c(OC)c1. The van der Waals surface area contributed by atoms with Crippen LogP contribution in [-0.4, -0.2) is 30.2 Å². The van der Waals surface area contributed by atoms with Crippen LogP contribution in [0.1, 0.15) is 15.9 Å². The van der Waals surface area contributed by atoms with E-state index in [4.69, 9.17) is 16.3 Å². The maximum absolute atomic E-state index is 12.6. The molecular formula is C14H11ClF3N3O3. The summed E-state index contributed by atoms with van der Waals surface area (Å²) in [4.78, 5) is 18.6. The van der Waals surface area contributed by atoms with Crippen LogP contribution in [0.2, 0.25) is 5.15 Å². The van der Waals surface area contributed by atoms with E-state index in [1.165, 1.54) is 32.4 Å². The van der Waals surface area contributed by atoms with Crippen LogP contribution in [0.15, 0.2) is 24.4 Å². The van der Waals surface area contributed by atoms with Gasteiger partial charge in [-0.15, -0.1) is 0 Å². The van der Waals surface area contributed by atoms with Crippen molar-refractivity contribution in [2.75, 3.05) is 19.5 Å². The molecule has 0 atom stereocenters. The highest BCUT2D eigenvalue weighted by Crippen LogP contribution is 2.34. The van der Waals surface area contributed by atoms with Crippen LogP contribution in [0, 0.1) is 0 Å². The molecule has 0 aliphatic rings. The first-order valence-corrected chi connectivity index (χ1v) is 6.77. The van der Waals surface area contributed by atoms with Crippen molar-refractivity contribution in [3.63, 3.8) is 0 Å². The lowest BCUT2D eigenvalue weighted by atomic mass is 10.2. The molecule has 0 saturated carbocycles. The minimum atomic E-state index is -4.64. The zero-order valence-electron chi connectivity index (χ0n) is 12.4. The molecule has 0 aliphatic heterocycles. The van der Waals surface area contributed by atoms with Crippen LogP contribution in [0.25, 0.3) is 0 Å². The van der Waals surface area contributed by atoms with Crippen molar-refractivity contribution in [3.05, 3.63) is 40.7 Å². The number of ether oxygens (including phenoxy) is 2. The van der Waals surface area contributed by atoms with Gasteiger partial charge in [0.1, 0.15) is 16.5 Å². The Morgan fingerprint density at radius 3 is 2.54 bits per heavy atom. The molecule has 0 amide bonds. The summed E-state index contributed by atoms with van der Waals surface area (Å²) in [5, 5.41) is 1.94. The van der Waals surface area contributed by atoms with Gasteiger partial charge >= 0.3 is 12.1 Å². The number of hydrogen-bond acceptors (Lipinski definition) is 6. The highest BCUT2D eigenvalue weighted by molar-refractivity contribution is 6.30. The summed E-state index contributed by atoms with van der Waals surface area (Å²) in [7, 11) is 2.60. The Balaban J connectivity index is 2.31. The number of nitrogens with one attached hydrogen (secondary N) is 1. The van der Waals surface area contributed by atoms with Crippen molar-refractivity contribution in [1.82, 2.24) is 9.97 Å². The maximum Gasteiger partial charge on any atom is 0.420 e. The number of esters is 1. The molecular weight excluding hydrogens is 351 g/mol. The predicted octanol–water partition coefficient (Wildman–Crippen LogP) is 3.69. The van der Waals surface area contributed by atoms with Crippen LogP contribution in [0.3, 0.4) is 0 Å². The second-order valence-corrected chi connectivity index (χ2v) is 4.79. The van der Waals surface area contributed by atoms with Gasteiger partial charge in [-0.05, 0) is 18.2 Å². The number of carbonyl (C=O) groups is 1. The summed E-state index contributed by atoms with van der Waals surface area (Å²) in [5.41, 5.74) is -0.560. The lowest BCUT2D eigenvalue weighted by Gasteiger charge is -2.12. The van der Waals surface area contributed by atoms with Gasteiger partial charge in [-0.25, -0.2) is 14.8 Å². The molecule has 128 valence electrons. The lowest BCUT2D eigenvalue weighted by Crippen LogP contribution is -2.09. The highest BCUT2D eigenvalue weighted by atomic mass is 35.5. The summed E-state index contributed by atoms with van der Waals surface area (Å²) >= 11 is 5.54. The quantitative estimate of drug-likeness (QED) is 0.661. The minimum Gasteiger partial charge on any atom is -0.495 e. The highest BCUT2D eigenvalue weighted by Gasteiger charge is 2.34. The topological polar surface area (TPSA) is 73.3 Å². The van der Waals surface area contributed by atoms with Crippen LogP contribution in [0.5, 0.6) is 5.75 Å². The fourth-order valence-electron chi connectivity index (χ4n) is 1.77. The second kappa shape index (κ2) is 6.91. The Hall–Kier alpha value is -2.55. The first-order chi connectivity index (χ1) is 11.3. The Labute approximate surface area is 139 Å². The fourth-order valence-corrected chi connectivity index (χ4v) is 2.01. The molecule has 1 aromatic carbocycles. The third kappa shape index (κ3) is 3.85. The van der Waals surface area contributed by atoms with Gasteiger partial charge in [0, 0.05) is 6.20 Å². The van der Waals surface area contributed by atoms with E-state index in [0.29, 0.717) is 11.9 Å². The standard InChI is InChI=1S/C14H11ClF3N3O3/c1-23-10-5-7(12(22)24-2)3-4-9(10)20-13-19-6-8(11(15)21-13)14(16,17)18/h3-6H,1-2H3,(H,19,20,21). The van der Waals surface area contributed by atoms with Crippen molar-refractivity contribution in [2.45, 2.75) is 6.18 Å². The van der Waals surface area contributed by atoms with Gasteiger partial charge < -0.3 is 14.8 Å². The second-order valence-electron chi connectivity index (χ2n) is 4.43. The Morgan fingerprint density at radius 2 is 2.00 bits per heavy atom. The van der Waals surface area contributed by atoms with E-state index in [2.05, 4.69) is 20.0 Å². The normalized spacial score (nSPS) is 11.1. The van der Waals surface area contributed by atoms with Gasteiger partial charge in [-0.1, -0.05) is 11.6 Å². The Kier molecular flexibility index (Phi) is 5.13. The maximum atomic E-state index is 12.6. The zero-order chi connectivity index (χ0) is 17.9. The fraction of sp³-hybridized carbons (Fsp3) is 0.214. The molecule has 0 spiro atoms. The number of hydrogen-bond donors (Lipinski definition) is 1. The molecule has 0 bridgehead atoms. The van der Waals surface area contributed by atoms with Crippen LogP contribution < -0.4 is 10.1 Å². The largest absolute Gasteiger partial charge is 0.495 e. The summed E-state index contributed by atoms with van der Waals surface area (Å²) in [6.45, 7) is 0. The lowest BCUT2D eigenvalue weighted by molar-refractivity contribution is -0.137. The number of alkyl halides is 3. The number of halogens is 4. The first kappa shape index (κ1) is 17.8. The molecule has 0 fully saturated rings. The number of carbonyl (C=O) groups excluding carboxylic acids is 1. The molecule has 1 heterocycles. The first-order valence-electron chi connectivity index (χ1n) is 6.39. The molecule has 1 N–H and O–H groups in total. The van der Waals surface area contributed by atoms with Crippen LogP contribution >= 0.6 is 11.6 Å². The van der Waals surface area contributed by atoms with E-state index in [-0.39, 0.29) is 17.3 Å². The van der Waals surface area contributed by atoms with Crippen molar-refractivity contribution in [1.29, 1.82) is 0 Å². The van der Waals surface area contributed by atoms with E-state index in [1.54, 1.807) is 0 Å². The molecule has 0 radical (unpaired) electrons. The number of nitrogens with zero attached hydrogens (tertiary/aromatic N) is 2. The summed E-state index contributed by atoms with van der Waals surface area (Å²) in [6.07, 6.45) is -4.07. The third-order valence-corrected chi connectivity index (χ3v) is 3.20. The van der Waals surface area contributed by atoms with Crippen molar-refractivity contribution < 1.29 is 27.4 Å². The molecule has 1 aromatic heterocycles. The van der Waals surface area contributed by atoms with E-state index < -0.39 is 22.9 Å². The van der Waals surface area contributed by atoms with E-state index >= 15 is 0 Å². The number of rotatable bonds is 4. The Morgan fingerprint density at radius 1 is 1.29 bits per heavy atom. The summed E-state index contributed by atoms with van der Waals surface area (Å²) in [6, 6.07) is 4.32. The van der Waals surface area contributed by atoms with E-state index in [1.807, 2.05) is 0 Å². The van der Waals surface area contributed by atoms with Gasteiger partial charge in [-0.2, -0.15) is 13.2 Å². The third-order valence-electron chi connectivity index (χ3n) is 2.92. The molecule has 10 heteroatoms. The smallest absolute Gasteiger partial charge is 0.420 e. The molecule has 6 nitrogen and oxygen atoms in total.